The van der Waals surface area contributed by atoms with Gasteiger partial charge in [-0.25, -0.2) is 0 Å². The van der Waals surface area contributed by atoms with Gasteiger partial charge in [0.2, 0.25) is 0 Å². The fourth-order valence-electron chi connectivity index (χ4n) is 5.66. The minimum Gasteiger partial charge on any atom is -0.415 e. The Bertz CT molecular complexity index is 760. The SMILES string of the molecule is C=CCC1(O[SiH3])C(=O)CC(C)(C(C)(C)C)C1(C)C=CC(C)(CCCCC)O[Si](C)(C)C(C)(C)C. The summed E-state index contributed by atoms with van der Waals surface area (Å²) in [6, 6.07) is 0. The van der Waals surface area contributed by atoms with E-state index in [1.807, 2.05) is 6.08 Å². The van der Waals surface area contributed by atoms with E-state index in [1.165, 1.54) is 12.8 Å². The summed E-state index contributed by atoms with van der Waals surface area (Å²) in [5.41, 5.74) is -2.06. The molecular weight excluding hydrogens is 452 g/mol. The highest BCUT2D eigenvalue weighted by molar-refractivity contribution is 6.74. The van der Waals surface area contributed by atoms with Crippen LogP contribution >= 0.6 is 0 Å². The molecule has 0 amide bonds. The molecule has 4 atom stereocenters. The van der Waals surface area contributed by atoms with Crippen molar-refractivity contribution in [1.29, 1.82) is 0 Å². The minimum atomic E-state index is -2.01. The fraction of sp³-hybridized carbons (Fsp3) is 0.828. The van der Waals surface area contributed by atoms with Gasteiger partial charge in [0.1, 0.15) is 16.1 Å². The number of carbonyl (C=O) groups excluding carboxylic acids is 1. The van der Waals surface area contributed by atoms with Crippen LogP contribution in [0.1, 0.15) is 108 Å². The van der Waals surface area contributed by atoms with E-state index in [1.54, 1.807) is 0 Å². The van der Waals surface area contributed by atoms with E-state index >= 15 is 0 Å². The molecule has 0 N–H and O–H groups in total. The normalized spacial score (nSPS) is 30.8. The van der Waals surface area contributed by atoms with Crippen molar-refractivity contribution < 1.29 is 13.6 Å². The molecule has 1 aliphatic rings. The molecule has 1 rings (SSSR count). The van der Waals surface area contributed by atoms with Gasteiger partial charge >= 0.3 is 0 Å². The second-order valence-corrected chi connectivity index (χ2v) is 19.0. The number of Topliss-reactive ketones (excluding diaryl/α,β-unsaturated/α-hetero) is 1. The molecule has 198 valence electrons. The number of ketones is 1. The van der Waals surface area contributed by atoms with Crippen molar-refractivity contribution in [2.24, 2.45) is 16.2 Å². The summed E-state index contributed by atoms with van der Waals surface area (Å²) in [6.45, 7) is 31.4. The van der Waals surface area contributed by atoms with Crippen molar-refractivity contribution in [3.8, 4) is 0 Å². The molecule has 5 heteroatoms. The number of carbonyl (C=O) groups is 1. The molecule has 1 fully saturated rings. The van der Waals surface area contributed by atoms with Crippen LogP contribution < -0.4 is 0 Å². The molecule has 34 heavy (non-hydrogen) atoms. The van der Waals surface area contributed by atoms with Crippen molar-refractivity contribution in [1.82, 2.24) is 0 Å². The molecule has 1 saturated carbocycles. The van der Waals surface area contributed by atoms with E-state index < -0.39 is 19.3 Å². The first kappa shape index (κ1) is 31.5. The van der Waals surface area contributed by atoms with E-state index in [2.05, 4.69) is 101 Å². The molecule has 0 heterocycles. The lowest BCUT2D eigenvalue weighted by molar-refractivity contribution is -0.137. The van der Waals surface area contributed by atoms with Crippen LogP contribution in [0.15, 0.2) is 24.8 Å². The standard InChI is InChI=1S/C29H56O3Si2/c1-14-16-17-19-26(9,32-34(12,13)25(6,7)8)20-21-27(10)28(11,24(3,4)5)22-23(30)29(27,31-33)18-15-2/h15,20-21H,2,14,16-19,22H2,1,3-13,33H3. The van der Waals surface area contributed by atoms with Crippen molar-refractivity contribution in [2.75, 3.05) is 0 Å². The number of rotatable bonds is 11. The molecular formula is C29H56O3Si2. The van der Waals surface area contributed by atoms with Gasteiger partial charge < -0.3 is 8.85 Å². The Hall–Kier alpha value is -0.496. The maximum absolute atomic E-state index is 13.7. The van der Waals surface area contributed by atoms with Crippen LogP contribution in [-0.2, 0) is 13.6 Å². The Morgan fingerprint density at radius 1 is 1.09 bits per heavy atom. The second-order valence-electron chi connectivity index (χ2n) is 13.9. The first-order valence-corrected chi connectivity index (χ1v) is 17.0. The molecule has 0 aliphatic heterocycles. The Balaban J connectivity index is 3.72. The molecule has 1 aliphatic carbocycles. The maximum Gasteiger partial charge on any atom is 0.193 e. The average Bonchev–Trinajstić information content (AvgIpc) is 2.84. The lowest BCUT2D eigenvalue weighted by atomic mass is 9.52. The van der Waals surface area contributed by atoms with Gasteiger partial charge in [-0.05, 0) is 42.3 Å². The van der Waals surface area contributed by atoms with Crippen LogP contribution in [0.5, 0.6) is 0 Å². The maximum atomic E-state index is 13.7. The first-order chi connectivity index (χ1) is 15.2. The van der Waals surface area contributed by atoms with Gasteiger partial charge in [0.25, 0.3) is 0 Å². The van der Waals surface area contributed by atoms with Crippen LogP contribution in [0.4, 0.5) is 0 Å². The predicted octanol–water partition coefficient (Wildman–Crippen LogP) is 7.55. The predicted molar refractivity (Wildman–Crippen MR) is 154 cm³/mol. The lowest BCUT2D eigenvalue weighted by Crippen LogP contribution is -2.55. The highest BCUT2D eigenvalue weighted by Gasteiger charge is 2.69. The molecule has 0 saturated heterocycles. The van der Waals surface area contributed by atoms with Gasteiger partial charge in [-0.3, -0.25) is 4.79 Å². The van der Waals surface area contributed by atoms with Gasteiger partial charge in [-0.2, -0.15) is 0 Å². The molecule has 0 aromatic carbocycles. The largest absolute Gasteiger partial charge is 0.415 e. The zero-order valence-electron chi connectivity index (χ0n) is 24.9. The topological polar surface area (TPSA) is 35.5 Å². The quantitative estimate of drug-likeness (QED) is 0.164. The summed E-state index contributed by atoms with van der Waals surface area (Å²) in [5.74, 6) is 0.213. The Kier molecular flexibility index (Phi) is 9.71. The smallest absolute Gasteiger partial charge is 0.193 e. The van der Waals surface area contributed by atoms with Crippen LogP contribution in [0.2, 0.25) is 18.1 Å². The second kappa shape index (κ2) is 10.5. The van der Waals surface area contributed by atoms with E-state index in [4.69, 9.17) is 8.85 Å². The van der Waals surface area contributed by atoms with Gasteiger partial charge in [0.05, 0.1) is 5.60 Å². The Morgan fingerprint density at radius 3 is 2.06 bits per heavy atom. The number of unbranched alkanes of at least 4 members (excludes halogenated alkanes) is 2. The summed E-state index contributed by atoms with van der Waals surface area (Å²) < 4.78 is 13.4. The number of hydrogen-bond acceptors (Lipinski definition) is 3. The summed E-state index contributed by atoms with van der Waals surface area (Å²) in [6.07, 6.45) is 12.1. The molecule has 0 aromatic heterocycles. The third-order valence-electron chi connectivity index (χ3n) is 9.73. The van der Waals surface area contributed by atoms with E-state index in [0.29, 0.717) is 23.3 Å². The molecule has 0 bridgehead atoms. The van der Waals surface area contributed by atoms with Crippen LogP contribution in [-0.4, -0.2) is 35.8 Å². The Labute approximate surface area is 216 Å². The third-order valence-corrected chi connectivity index (χ3v) is 15.0. The van der Waals surface area contributed by atoms with Gasteiger partial charge in [-0.15, -0.1) is 6.58 Å². The summed E-state index contributed by atoms with van der Waals surface area (Å²) >= 11 is 0. The highest BCUT2D eigenvalue weighted by Crippen LogP contribution is 2.66. The zero-order chi connectivity index (χ0) is 26.9. The monoisotopic (exact) mass is 508 g/mol. The molecule has 0 aromatic rings. The average molecular weight is 509 g/mol. The van der Waals surface area contributed by atoms with Crippen LogP contribution in [0.25, 0.3) is 0 Å². The van der Waals surface area contributed by atoms with Crippen molar-refractivity contribution in [3.63, 3.8) is 0 Å². The van der Waals surface area contributed by atoms with Gasteiger partial charge in [0, 0.05) is 18.3 Å². The Morgan fingerprint density at radius 2 is 1.65 bits per heavy atom. The van der Waals surface area contributed by atoms with E-state index in [9.17, 15) is 4.79 Å². The minimum absolute atomic E-state index is 0.0797. The molecule has 0 radical (unpaired) electrons. The lowest BCUT2D eigenvalue weighted by Gasteiger charge is -2.54. The summed E-state index contributed by atoms with van der Waals surface area (Å²) in [7, 11) is -1.50. The molecule has 0 spiro atoms. The van der Waals surface area contributed by atoms with Crippen molar-refractivity contribution in [2.45, 2.75) is 137 Å². The first-order valence-electron chi connectivity index (χ1n) is 13.3. The fourth-order valence-corrected chi connectivity index (χ4v) is 8.12. The van der Waals surface area contributed by atoms with Crippen molar-refractivity contribution in [3.05, 3.63) is 24.8 Å². The van der Waals surface area contributed by atoms with E-state index in [0.717, 1.165) is 12.8 Å². The van der Waals surface area contributed by atoms with Crippen LogP contribution in [0, 0.1) is 16.2 Å². The van der Waals surface area contributed by atoms with Gasteiger partial charge in [-0.1, -0.05) is 99.8 Å². The third kappa shape index (κ3) is 5.58. The highest BCUT2D eigenvalue weighted by atomic mass is 28.4. The zero-order valence-corrected chi connectivity index (χ0v) is 27.9. The van der Waals surface area contributed by atoms with Gasteiger partial charge in [0.15, 0.2) is 14.1 Å². The molecule has 3 nitrogen and oxygen atoms in total. The summed E-state index contributed by atoms with van der Waals surface area (Å²) in [5, 5.41) is 0.130. The summed E-state index contributed by atoms with van der Waals surface area (Å²) in [4.78, 5) is 13.7. The van der Waals surface area contributed by atoms with Crippen molar-refractivity contribution >= 4 is 24.6 Å². The molecule has 4 unspecified atom stereocenters. The van der Waals surface area contributed by atoms with Crippen LogP contribution in [0.3, 0.4) is 0 Å². The number of hydrogen-bond donors (Lipinski definition) is 0. The van der Waals surface area contributed by atoms with E-state index in [-0.39, 0.29) is 27.3 Å².